The van der Waals surface area contributed by atoms with Gasteiger partial charge in [0.15, 0.2) is 0 Å². The standard InChI is InChI=1S/C25H27F5N2O/c1-16(2)17-6-7-21-18(14-17)24(8-11-31(12-9-24)13-10-25(28,29)30)15-32(21)23(33)22-19(26)4-3-5-20(22)27/h3-7,14,16H,8-13,15H2,1-2H3. The zero-order chi connectivity index (χ0) is 24.0. The number of amides is 1. The topological polar surface area (TPSA) is 23.6 Å². The Morgan fingerprint density at radius 1 is 1.06 bits per heavy atom. The van der Waals surface area contributed by atoms with Crippen molar-refractivity contribution < 1.29 is 26.7 Å². The molecule has 2 heterocycles. The van der Waals surface area contributed by atoms with E-state index in [0.29, 0.717) is 31.6 Å². The molecule has 0 saturated carbocycles. The molecule has 0 aliphatic carbocycles. The van der Waals surface area contributed by atoms with Crippen LogP contribution in [0.3, 0.4) is 0 Å². The van der Waals surface area contributed by atoms with Gasteiger partial charge in [0.05, 0.1) is 6.42 Å². The van der Waals surface area contributed by atoms with Gasteiger partial charge in [-0.15, -0.1) is 0 Å². The number of fused-ring (bicyclic) bond motifs is 2. The summed E-state index contributed by atoms with van der Waals surface area (Å²) in [6, 6.07) is 9.13. The summed E-state index contributed by atoms with van der Waals surface area (Å²) in [5, 5.41) is 0. The number of carbonyl (C=O) groups is 1. The molecule has 2 aromatic carbocycles. The van der Waals surface area contributed by atoms with Crippen LogP contribution in [0.2, 0.25) is 0 Å². The number of hydrogen-bond acceptors (Lipinski definition) is 2. The Morgan fingerprint density at radius 2 is 1.70 bits per heavy atom. The van der Waals surface area contributed by atoms with Gasteiger partial charge < -0.3 is 9.80 Å². The third-order valence-corrected chi connectivity index (χ3v) is 6.96. The number of halogens is 5. The molecule has 1 amide bonds. The normalized spacial score (nSPS) is 18.2. The zero-order valence-electron chi connectivity index (χ0n) is 18.7. The highest BCUT2D eigenvalue weighted by Gasteiger charge is 2.47. The SMILES string of the molecule is CC(C)c1ccc2c(c1)C1(CCN(CCC(F)(F)F)CC1)CN2C(=O)c1c(F)cccc1F. The van der Waals surface area contributed by atoms with Gasteiger partial charge in [0, 0.05) is 24.2 Å². The maximum Gasteiger partial charge on any atom is 0.390 e. The van der Waals surface area contributed by atoms with Gasteiger partial charge in [-0.2, -0.15) is 13.2 Å². The maximum absolute atomic E-state index is 14.4. The molecule has 0 atom stereocenters. The third kappa shape index (κ3) is 4.63. The van der Waals surface area contributed by atoms with E-state index >= 15 is 0 Å². The van der Waals surface area contributed by atoms with Crippen LogP contribution in [-0.4, -0.2) is 43.2 Å². The first-order valence-corrected chi connectivity index (χ1v) is 11.2. The van der Waals surface area contributed by atoms with Crippen molar-refractivity contribution in [2.45, 2.75) is 50.6 Å². The van der Waals surface area contributed by atoms with Gasteiger partial charge in [0.25, 0.3) is 5.91 Å². The number of hydrogen-bond donors (Lipinski definition) is 0. The first-order valence-electron chi connectivity index (χ1n) is 11.2. The van der Waals surface area contributed by atoms with Crippen molar-refractivity contribution in [1.29, 1.82) is 0 Å². The fourth-order valence-electron chi connectivity index (χ4n) is 4.98. The average Bonchev–Trinajstić information content (AvgIpc) is 3.06. The highest BCUT2D eigenvalue weighted by molar-refractivity contribution is 6.08. The summed E-state index contributed by atoms with van der Waals surface area (Å²) in [5.74, 6) is -2.32. The second-order valence-electron chi connectivity index (χ2n) is 9.41. The van der Waals surface area contributed by atoms with Gasteiger partial charge in [-0.1, -0.05) is 32.0 Å². The first-order chi connectivity index (χ1) is 15.5. The molecule has 1 spiro atoms. The monoisotopic (exact) mass is 466 g/mol. The summed E-state index contributed by atoms with van der Waals surface area (Å²) in [6.45, 7) is 5.25. The van der Waals surface area contributed by atoms with Gasteiger partial charge in [-0.3, -0.25) is 4.79 Å². The number of likely N-dealkylation sites (tertiary alicyclic amines) is 1. The van der Waals surface area contributed by atoms with E-state index in [0.717, 1.165) is 23.3 Å². The minimum Gasteiger partial charge on any atom is -0.307 e. The Balaban J connectivity index is 1.65. The Hall–Kier alpha value is -2.48. The fourth-order valence-corrected chi connectivity index (χ4v) is 4.98. The van der Waals surface area contributed by atoms with Crippen molar-refractivity contribution in [2.75, 3.05) is 31.1 Å². The molecule has 0 radical (unpaired) electrons. The molecule has 0 unspecified atom stereocenters. The summed E-state index contributed by atoms with van der Waals surface area (Å²) in [7, 11) is 0. The summed E-state index contributed by atoms with van der Waals surface area (Å²) in [5.41, 5.74) is 1.60. The lowest BCUT2D eigenvalue weighted by Gasteiger charge is -2.40. The van der Waals surface area contributed by atoms with Crippen molar-refractivity contribution in [3.63, 3.8) is 0 Å². The molecule has 0 aromatic heterocycles. The second kappa shape index (κ2) is 8.70. The van der Waals surface area contributed by atoms with E-state index in [2.05, 4.69) is 19.9 Å². The van der Waals surface area contributed by atoms with E-state index in [1.807, 2.05) is 12.1 Å². The van der Waals surface area contributed by atoms with E-state index in [1.165, 1.54) is 11.0 Å². The van der Waals surface area contributed by atoms with Gasteiger partial charge in [0.2, 0.25) is 0 Å². The predicted molar refractivity (Wildman–Crippen MR) is 117 cm³/mol. The number of carbonyl (C=O) groups excluding carboxylic acids is 1. The van der Waals surface area contributed by atoms with E-state index in [1.54, 1.807) is 4.90 Å². The maximum atomic E-state index is 14.4. The quantitative estimate of drug-likeness (QED) is 0.514. The number of anilines is 1. The molecular weight excluding hydrogens is 439 g/mol. The van der Waals surface area contributed by atoms with Crippen LogP contribution < -0.4 is 4.90 Å². The molecule has 2 aliphatic heterocycles. The van der Waals surface area contributed by atoms with Crippen LogP contribution in [0.1, 0.15) is 60.5 Å². The predicted octanol–water partition coefficient (Wildman–Crippen LogP) is 6.03. The van der Waals surface area contributed by atoms with Gasteiger partial charge >= 0.3 is 6.18 Å². The van der Waals surface area contributed by atoms with Crippen LogP contribution in [-0.2, 0) is 5.41 Å². The van der Waals surface area contributed by atoms with E-state index in [9.17, 15) is 26.7 Å². The van der Waals surface area contributed by atoms with Crippen molar-refractivity contribution in [3.8, 4) is 0 Å². The number of alkyl halides is 3. The molecule has 2 aromatic rings. The van der Waals surface area contributed by atoms with Crippen molar-refractivity contribution >= 4 is 11.6 Å². The third-order valence-electron chi connectivity index (χ3n) is 6.96. The Bertz CT molecular complexity index is 1020. The Morgan fingerprint density at radius 3 is 2.27 bits per heavy atom. The van der Waals surface area contributed by atoms with Crippen LogP contribution in [0.5, 0.6) is 0 Å². The van der Waals surface area contributed by atoms with Crippen molar-refractivity contribution in [1.82, 2.24) is 4.90 Å². The molecule has 8 heteroatoms. The average molecular weight is 466 g/mol. The number of piperidine rings is 1. The van der Waals surface area contributed by atoms with Crippen LogP contribution in [0, 0.1) is 11.6 Å². The number of rotatable bonds is 4. The molecule has 33 heavy (non-hydrogen) atoms. The van der Waals surface area contributed by atoms with E-state index < -0.39 is 41.1 Å². The van der Waals surface area contributed by atoms with E-state index in [-0.39, 0.29) is 19.0 Å². The molecule has 0 N–H and O–H groups in total. The second-order valence-corrected chi connectivity index (χ2v) is 9.41. The minimum atomic E-state index is -4.20. The summed E-state index contributed by atoms with van der Waals surface area (Å²) in [4.78, 5) is 16.5. The Kier molecular flexibility index (Phi) is 6.24. The first kappa shape index (κ1) is 23.7. The van der Waals surface area contributed by atoms with Gasteiger partial charge in [-0.05, 0) is 61.2 Å². The molecule has 4 rings (SSSR count). The summed E-state index contributed by atoms with van der Waals surface area (Å²) < 4.78 is 66.7. The lowest BCUT2D eigenvalue weighted by Crippen LogP contribution is -2.46. The zero-order valence-corrected chi connectivity index (χ0v) is 18.7. The highest BCUT2D eigenvalue weighted by Crippen LogP contribution is 2.48. The van der Waals surface area contributed by atoms with Gasteiger partial charge in [0.1, 0.15) is 17.2 Å². The van der Waals surface area contributed by atoms with Crippen molar-refractivity contribution in [3.05, 3.63) is 64.7 Å². The summed E-state index contributed by atoms with van der Waals surface area (Å²) in [6.07, 6.45) is -3.91. The largest absolute Gasteiger partial charge is 0.390 e. The number of benzene rings is 2. The molecule has 3 nitrogen and oxygen atoms in total. The lowest BCUT2D eigenvalue weighted by atomic mass is 9.73. The summed E-state index contributed by atoms with van der Waals surface area (Å²) >= 11 is 0. The lowest BCUT2D eigenvalue weighted by molar-refractivity contribution is -0.138. The van der Waals surface area contributed by atoms with Crippen LogP contribution >= 0.6 is 0 Å². The molecule has 0 bridgehead atoms. The van der Waals surface area contributed by atoms with Crippen LogP contribution in [0.15, 0.2) is 36.4 Å². The molecule has 2 aliphatic rings. The van der Waals surface area contributed by atoms with E-state index in [4.69, 9.17) is 0 Å². The number of nitrogens with zero attached hydrogens (tertiary/aromatic N) is 2. The highest BCUT2D eigenvalue weighted by atomic mass is 19.4. The minimum absolute atomic E-state index is 0.0540. The van der Waals surface area contributed by atoms with Crippen LogP contribution in [0.25, 0.3) is 0 Å². The van der Waals surface area contributed by atoms with Crippen molar-refractivity contribution in [2.24, 2.45) is 0 Å². The van der Waals surface area contributed by atoms with Crippen LogP contribution in [0.4, 0.5) is 27.6 Å². The smallest absolute Gasteiger partial charge is 0.307 e. The molecule has 1 saturated heterocycles. The Labute approximate surface area is 190 Å². The molecule has 1 fully saturated rings. The van der Waals surface area contributed by atoms with Gasteiger partial charge in [-0.25, -0.2) is 8.78 Å². The fraction of sp³-hybridized carbons (Fsp3) is 0.480. The molecular formula is C25H27F5N2O. The molecule has 178 valence electrons.